The molecular formula is C77H138N2O7P+. The molecule has 9 nitrogen and oxygen atoms in total. The maximum Gasteiger partial charge on any atom is 0.472 e. The Hall–Kier alpha value is -3.33. The van der Waals surface area contributed by atoms with Crippen LogP contribution in [0, 0.1) is 0 Å². The average molecular weight is 1230 g/mol. The molecule has 0 saturated heterocycles. The van der Waals surface area contributed by atoms with Crippen LogP contribution < -0.4 is 5.32 Å². The standard InChI is InChI=1S/C77H137N2O7P/c1-7-10-13-16-19-22-25-27-29-31-33-35-37-39-41-43-45-47-49-51-54-57-60-63-66-69-76(80)78-74(73-85-87(82,83)84-72-71-79(4,5)6)75(68-65-62-59-56-53-24-21-18-15-12-9-3)86-77(81)70-67-64-61-58-55-52-50-48-46-44-42-40-38-36-34-32-30-28-26-23-20-17-14-11-8-2/h10,13,19-20,22-23,27-30,33,35,39,41,45,47,65,68,74-75H,7-9,11-12,14-18,21,24-26,31-32,34,36-38,40,42-44,46,48-64,66-67,69-73H2,1-6H3,(H-,78,80,82,83)/p+1/b13-10-,22-19-,23-20-,29-27-,30-28-,35-33-,41-39-,47-45-,68-65+. The monoisotopic (exact) mass is 1230 g/mol. The molecule has 0 heterocycles. The lowest BCUT2D eigenvalue weighted by Gasteiger charge is -2.27. The Morgan fingerprint density at radius 2 is 0.736 bits per heavy atom. The number of likely N-dealkylation sites (N-methyl/N-ethyl adjacent to an activating group) is 1. The van der Waals surface area contributed by atoms with E-state index in [1.807, 2.05) is 33.3 Å². The van der Waals surface area contributed by atoms with E-state index < -0.39 is 20.0 Å². The number of amides is 1. The number of rotatable bonds is 65. The number of carbonyl (C=O) groups is 2. The van der Waals surface area contributed by atoms with Crippen LogP contribution in [0.4, 0.5) is 0 Å². The molecule has 0 spiro atoms. The largest absolute Gasteiger partial charge is 0.472 e. The molecule has 2 N–H and O–H groups in total. The van der Waals surface area contributed by atoms with Gasteiger partial charge in [0.1, 0.15) is 19.3 Å². The van der Waals surface area contributed by atoms with Crippen molar-refractivity contribution in [1.29, 1.82) is 0 Å². The Morgan fingerprint density at radius 1 is 0.414 bits per heavy atom. The van der Waals surface area contributed by atoms with Crippen LogP contribution in [-0.2, 0) is 27.9 Å². The van der Waals surface area contributed by atoms with E-state index in [2.05, 4.69) is 123 Å². The van der Waals surface area contributed by atoms with Gasteiger partial charge >= 0.3 is 13.8 Å². The lowest BCUT2D eigenvalue weighted by atomic mass is 10.0. The first-order chi connectivity index (χ1) is 42.4. The Kier molecular flexibility index (Phi) is 63.1. The van der Waals surface area contributed by atoms with Crippen LogP contribution in [0.15, 0.2) is 109 Å². The molecule has 0 aliphatic heterocycles. The third kappa shape index (κ3) is 66.9. The van der Waals surface area contributed by atoms with Crippen LogP contribution in [0.3, 0.4) is 0 Å². The number of esters is 1. The molecule has 87 heavy (non-hydrogen) atoms. The summed E-state index contributed by atoms with van der Waals surface area (Å²) in [5.74, 6) is -0.520. The van der Waals surface area contributed by atoms with Gasteiger partial charge in [-0.2, -0.15) is 0 Å². The van der Waals surface area contributed by atoms with Crippen molar-refractivity contribution in [2.24, 2.45) is 0 Å². The smallest absolute Gasteiger partial charge is 0.456 e. The van der Waals surface area contributed by atoms with Gasteiger partial charge in [-0.1, -0.05) is 297 Å². The summed E-state index contributed by atoms with van der Waals surface area (Å²) in [6, 6.07) is -0.863. The molecule has 3 atom stereocenters. The Bertz CT molecular complexity index is 1860. The molecule has 0 aromatic carbocycles. The van der Waals surface area contributed by atoms with Crippen LogP contribution in [0.1, 0.15) is 316 Å². The lowest BCUT2D eigenvalue weighted by molar-refractivity contribution is -0.870. The van der Waals surface area contributed by atoms with E-state index in [4.69, 9.17) is 13.8 Å². The lowest BCUT2D eigenvalue weighted by Crippen LogP contribution is -2.47. The molecule has 0 aliphatic rings. The number of nitrogens with one attached hydrogen (secondary N) is 1. The summed E-state index contributed by atoms with van der Waals surface area (Å²) in [5, 5.41) is 3.06. The molecule has 0 saturated carbocycles. The second kappa shape index (κ2) is 65.6. The van der Waals surface area contributed by atoms with E-state index in [1.165, 1.54) is 154 Å². The van der Waals surface area contributed by atoms with Gasteiger partial charge in [-0.3, -0.25) is 18.6 Å². The third-order valence-electron chi connectivity index (χ3n) is 15.7. The molecule has 502 valence electrons. The van der Waals surface area contributed by atoms with Crippen molar-refractivity contribution in [2.45, 2.75) is 328 Å². The number of hydrogen-bond acceptors (Lipinski definition) is 6. The zero-order chi connectivity index (χ0) is 63.5. The van der Waals surface area contributed by atoms with Crippen molar-refractivity contribution in [3.05, 3.63) is 109 Å². The van der Waals surface area contributed by atoms with Gasteiger partial charge in [-0.15, -0.1) is 0 Å². The van der Waals surface area contributed by atoms with Gasteiger partial charge in [0.2, 0.25) is 5.91 Å². The van der Waals surface area contributed by atoms with Gasteiger partial charge in [0.25, 0.3) is 0 Å². The molecule has 0 radical (unpaired) electrons. The first-order valence-corrected chi connectivity index (χ1v) is 37.7. The fraction of sp³-hybridized carbons (Fsp3) is 0.740. The molecule has 0 aromatic rings. The van der Waals surface area contributed by atoms with E-state index in [0.29, 0.717) is 17.4 Å². The minimum atomic E-state index is -4.46. The fourth-order valence-corrected chi connectivity index (χ4v) is 10.9. The van der Waals surface area contributed by atoms with Crippen molar-refractivity contribution >= 4 is 19.7 Å². The average Bonchev–Trinajstić information content (AvgIpc) is 3.70. The summed E-state index contributed by atoms with van der Waals surface area (Å²) in [4.78, 5) is 37.9. The normalized spacial score (nSPS) is 14.1. The van der Waals surface area contributed by atoms with Crippen LogP contribution in [0.2, 0.25) is 0 Å². The van der Waals surface area contributed by atoms with Crippen molar-refractivity contribution in [3.63, 3.8) is 0 Å². The predicted molar refractivity (Wildman–Crippen MR) is 378 cm³/mol. The number of phosphoric ester groups is 1. The predicted octanol–water partition coefficient (Wildman–Crippen LogP) is 23.2. The Labute approximate surface area is 538 Å². The third-order valence-corrected chi connectivity index (χ3v) is 16.7. The molecule has 0 fully saturated rings. The quantitative estimate of drug-likeness (QED) is 0.0205. The number of allylic oxidation sites excluding steroid dienone is 17. The van der Waals surface area contributed by atoms with Gasteiger partial charge in [0, 0.05) is 12.8 Å². The number of unbranched alkanes of at least 4 members (excludes halogenated alkanes) is 33. The van der Waals surface area contributed by atoms with E-state index in [0.717, 1.165) is 128 Å². The van der Waals surface area contributed by atoms with Gasteiger partial charge in [0.15, 0.2) is 0 Å². The molecule has 1 amide bonds. The molecule has 0 bridgehead atoms. The first kappa shape index (κ1) is 83.7. The van der Waals surface area contributed by atoms with E-state index >= 15 is 0 Å². The molecule has 0 rings (SSSR count). The van der Waals surface area contributed by atoms with Crippen LogP contribution >= 0.6 is 7.82 Å². The molecule has 0 aliphatic carbocycles. The minimum Gasteiger partial charge on any atom is -0.456 e. The highest BCUT2D eigenvalue weighted by Crippen LogP contribution is 2.43. The van der Waals surface area contributed by atoms with E-state index in [1.54, 1.807) is 0 Å². The first-order valence-electron chi connectivity index (χ1n) is 36.2. The highest BCUT2D eigenvalue weighted by atomic mass is 31.2. The maximum absolute atomic E-state index is 13.6. The second-order valence-electron chi connectivity index (χ2n) is 25.4. The second-order valence-corrected chi connectivity index (χ2v) is 26.8. The topological polar surface area (TPSA) is 111 Å². The van der Waals surface area contributed by atoms with Crippen molar-refractivity contribution in [3.8, 4) is 0 Å². The number of carbonyl (C=O) groups excluding carboxylic acids is 2. The summed E-state index contributed by atoms with van der Waals surface area (Å²) in [6.07, 6.45) is 91.0. The molecular weight excluding hydrogens is 1100 g/mol. The number of ether oxygens (including phenoxy) is 1. The maximum atomic E-state index is 13.6. The minimum absolute atomic E-state index is 0.0328. The molecule has 3 unspecified atom stereocenters. The fourth-order valence-electron chi connectivity index (χ4n) is 10.2. The number of hydrogen-bond donors (Lipinski definition) is 2. The zero-order valence-corrected chi connectivity index (χ0v) is 58.4. The number of quaternary nitrogens is 1. The summed E-state index contributed by atoms with van der Waals surface area (Å²) in [6.45, 7) is 6.88. The SMILES string of the molecule is CC/C=C\C/C=C\C/C=C\C/C=C\C/C=C\C/C=C\CCCCCCCCC(=O)NC(COP(=O)(O)OCC[N+](C)(C)C)C(/C=C/CCCCCCCCCCC)OC(=O)CCCCCCCCCCCCCCCCC/C=C\C/C=C\CCCCC. The number of phosphoric acid groups is 1. The Morgan fingerprint density at radius 3 is 1.13 bits per heavy atom. The highest BCUT2D eigenvalue weighted by molar-refractivity contribution is 7.47. The van der Waals surface area contributed by atoms with Crippen LogP contribution in [-0.4, -0.2) is 74.3 Å². The highest BCUT2D eigenvalue weighted by Gasteiger charge is 2.30. The van der Waals surface area contributed by atoms with E-state index in [-0.39, 0.29) is 31.5 Å². The van der Waals surface area contributed by atoms with Crippen molar-refractivity contribution in [2.75, 3.05) is 40.9 Å². The van der Waals surface area contributed by atoms with Crippen LogP contribution in [0.5, 0.6) is 0 Å². The van der Waals surface area contributed by atoms with Gasteiger partial charge in [-0.25, -0.2) is 4.57 Å². The van der Waals surface area contributed by atoms with E-state index in [9.17, 15) is 19.0 Å². The van der Waals surface area contributed by atoms with Crippen LogP contribution in [0.25, 0.3) is 0 Å². The van der Waals surface area contributed by atoms with Crippen molar-refractivity contribution in [1.82, 2.24) is 5.32 Å². The van der Waals surface area contributed by atoms with Gasteiger partial charge < -0.3 is 19.4 Å². The summed E-state index contributed by atoms with van der Waals surface area (Å²) in [5.41, 5.74) is 0. The summed E-state index contributed by atoms with van der Waals surface area (Å²) < 4.78 is 30.8. The zero-order valence-electron chi connectivity index (χ0n) is 57.5. The van der Waals surface area contributed by atoms with Gasteiger partial charge in [0.05, 0.1) is 33.8 Å². The Balaban J connectivity index is 5.04. The molecule has 10 heteroatoms. The number of nitrogens with zero attached hydrogens (tertiary/aromatic N) is 1. The van der Waals surface area contributed by atoms with Gasteiger partial charge in [-0.05, 0) is 115 Å². The molecule has 0 aromatic heterocycles. The summed E-state index contributed by atoms with van der Waals surface area (Å²) >= 11 is 0. The van der Waals surface area contributed by atoms with Crippen molar-refractivity contribution < 1.29 is 37.3 Å². The summed E-state index contributed by atoms with van der Waals surface area (Å²) in [7, 11) is 1.48.